The Morgan fingerprint density at radius 3 is 2.51 bits per heavy atom. The number of aromatic nitrogens is 2. The molecule has 35 heavy (non-hydrogen) atoms. The van der Waals surface area contributed by atoms with Crippen LogP contribution in [0.25, 0.3) is 0 Å². The van der Waals surface area contributed by atoms with Crippen LogP contribution < -0.4 is 5.32 Å². The predicted molar refractivity (Wildman–Crippen MR) is 133 cm³/mol. The maximum absolute atomic E-state index is 12.0. The van der Waals surface area contributed by atoms with Crippen LogP contribution in [0.3, 0.4) is 0 Å². The van der Waals surface area contributed by atoms with Gasteiger partial charge in [0.15, 0.2) is 0 Å². The Labute approximate surface area is 207 Å². The van der Waals surface area contributed by atoms with E-state index in [4.69, 9.17) is 9.72 Å². The zero-order valence-electron chi connectivity index (χ0n) is 21.1. The molecule has 1 aromatic heterocycles. The lowest BCUT2D eigenvalue weighted by Gasteiger charge is -2.41. The number of piperidine rings is 1. The summed E-state index contributed by atoms with van der Waals surface area (Å²) in [5.74, 6) is 1.08. The van der Waals surface area contributed by atoms with E-state index < -0.39 is 0 Å². The van der Waals surface area contributed by atoms with Crippen molar-refractivity contribution in [2.45, 2.75) is 83.1 Å². The van der Waals surface area contributed by atoms with Gasteiger partial charge >= 0.3 is 6.09 Å². The van der Waals surface area contributed by atoms with E-state index in [2.05, 4.69) is 33.8 Å². The number of methoxy groups -OCH3 is 1. The van der Waals surface area contributed by atoms with Gasteiger partial charge in [-0.25, -0.2) is 9.78 Å². The quantitative estimate of drug-likeness (QED) is 0.683. The van der Waals surface area contributed by atoms with Crippen molar-refractivity contribution in [3.8, 4) is 0 Å². The van der Waals surface area contributed by atoms with E-state index in [1.165, 1.54) is 31.2 Å². The molecule has 3 aliphatic rings. The van der Waals surface area contributed by atoms with Crippen LogP contribution in [0.2, 0.25) is 0 Å². The summed E-state index contributed by atoms with van der Waals surface area (Å²) in [5, 5.41) is 3.16. The van der Waals surface area contributed by atoms with Gasteiger partial charge in [0.25, 0.3) is 0 Å². The van der Waals surface area contributed by atoms with Crippen LogP contribution in [0, 0.1) is 6.92 Å². The van der Waals surface area contributed by atoms with Crippen LogP contribution in [0.15, 0.2) is 30.3 Å². The Kier molecular flexibility index (Phi) is 6.82. The van der Waals surface area contributed by atoms with Crippen molar-refractivity contribution >= 4 is 12.0 Å². The average Bonchev–Trinajstić information content (AvgIpc) is 3.31. The summed E-state index contributed by atoms with van der Waals surface area (Å²) in [4.78, 5) is 33.2. The summed E-state index contributed by atoms with van der Waals surface area (Å²) >= 11 is 0. The molecule has 0 saturated carbocycles. The van der Waals surface area contributed by atoms with Gasteiger partial charge in [-0.1, -0.05) is 30.3 Å². The molecule has 0 aliphatic carbocycles. The van der Waals surface area contributed by atoms with Crippen molar-refractivity contribution in [1.29, 1.82) is 0 Å². The van der Waals surface area contributed by atoms with Gasteiger partial charge in [0, 0.05) is 50.3 Å². The highest BCUT2D eigenvalue weighted by molar-refractivity contribution is 5.73. The molecule has 2 fully saturated rings. The lowest BCUT2D eigenvalue weighted by atomic mass is 9.95. The van der Waals surface area contributed by atoms with E-state index in [1.807, 2.05) is 18.2 Å². The minimum atomic E-state index is -0.276. The van der Waals surface area contributed by atoms with Gasteiger partial charge in [-0.3, -0.25) is 9.69 Å². The number of fused-ring (bicyclic) bond motifs is 3. The molecule has 0 radical (unpaired) electrons. The first-order valence-corrected chi connectivity index (χ1v) is 12.9. The Bertz CT molecular complexity index is 1050. The highest BCUT2D eigenvalue weighted by Crippen LogP contribution is 2.42. The molecular formula is C27H37N5O3. The van der Waals surface area contributed by atoms with E-state index in [-0.39, 0.29) is 18.0 Å². The summed E-state index contributed by atoms with van der Waals surface area (Å²) in [6, 6.07) is 12.0. The van der Waals surface area contributed by atoms with E-state index >= 15 is 0 Å². The third-order valence-corrected chi connectivity index (χ3v) is 8.14. The molecule has 8 heteroatoms. The molecule has 4 heterocycles. The SMILES string of the molecule is COC(=O)N1CCc2c(nc(C)n2C2CC3CCC(C2)N3CC[C@H](NC(C)=O)c2ccccc2)C1. The molecule has 2 amide bonds. The van der Waals surface area contributed by atoms with Gasteiger partial charge in [-0.2, -0.15) is 0 Å². The van der Waals surface area contributed by atoms with Gasteiger partial charge in [0.1, 0.15) is 5.82 Å². The number of aryl methyl sites for hydroxylation is 1. The van der Waals surface area contributed by atoms with Crippen molar-refractivity contribution in [1.82, 2.24) is 24.7 Å². The number of benzene rings is 1. The first-order valence-electron chi connectivity index (χ1n) is 12.9. The third-order valence-electron chi connectivity index (χ3n) is 8.14. The van der Waals surface area contributed by atoms with Crippen LogP contribution in [0.5, 0.6) is 0 Å². The van der Waals surface area contributed by atoms with Crippen molar-refractivity contribution in [2.24, 2.45) is 0 Å². The van der Waals surface area contributed by atoms with Gasteiger partial charge in [-0.05, 0) is 44.6 Å². The smallest absolute Gasteiger partial charge is 0.409 e. The highest BCUT2D eigenvalue weighted by atomic mass is 16.5. The first kappa shape index (κ1) is 23.9. The van der Waals surface area contributed by atoms with E-state index in [1.54, 1.807) is 11.8 Å². The summed E-state index contributed by atoms with van der Waals surface area (Å²) in [5.41, 5.74) is 3.50. The molecule has 3 atom stereocenters. The molecule has 1 N–H and O–H groups in total. The number of carbonyl (C=O) groups excluding carboxylic acids is 2. The fraction of sp³-hybridized carbons (Fsp3) is 0.593. The lowest BCUT2D eigenvalue weighted by molar-refractivity contribution is -0.119. The Morgan fingerprint density at radius 2 is 1.86 bits per heavy atom. The predicted octanol–water partition coefficient (Wildman–Crippen LogP) is 3.75. The molecule has 3 aliphatic heterocycles. The number of amides is 2. The summed E-state index contributed by atoms with van der Waals surface area (Å²) < 4.78 is 7.40. The monoisotopic (exact) mass is 479 g/mol. The van der Waals surface area contributed by atoms with Crippen molar-refractivity contribution in [3.63, 3.8) is 0 Å². The van der Waals surface area contributed by atoms with Gasteiger partial charge < -0.3 is 19.5 Å². The Morgan fingerprint density at radius 1 is 1.14 bits per heavy atom. The van der Waals surface area contributed by atoms with Crippen molar-refractivity contribution in [3.05, 3.63) is 53.1 Å². The first-order chi connectivity index (χ1) is 16.9. The number of carbonyl (C=O) groups is 2. The van der Waals surface area contributed by atoms with E-state index in [0.717, 1.165) is 43.7 Å². The standard InChI is InChI=1S/C27H37N5O3/c1-18-28-25-17-30(27(34)35-3)13-12-26(25)32(18)23-15-21-9-10-22(16-23)31(21)14-11-24(29-19(2)33)20-7-5-4-6-8-20/h4-8,21-24H,9-17H2,1-3H3,(H,29,33)/t21?,22?,23?,24-/m0/s1. The van der Waals surface area contributed by atoms with Crippen molar-refractivity contribution in [2.75, 3.05) is 20.2 Å². The molecule has 2 bridgehead atoms. The normalized spacial score (nSPS) is 24.7. The minimum Gasteiger partial charge on any atom is -0.453 e. The van der Waals surface area contributed by atoms with Crippen LogP contribution in [-0.4, -0.2) is 63.6 Å². The van der Waals surface area contributed by atoms with Gasteiger partial charge in [0.2, 0.25) is 5.91 Å². The zero-order valence-corrected chi connectivity index (χ0v) is 21.1. The topological polar surface area (TPSA) is 79.7 Å². The second-order valence-corrected chi connectivity index (χ2v) is 10.3. The second-order valence-electron chi connectivity index (χ2n) is 10.3. The fourth-order valence-electron chi connectivity index (χ4n) is 6.66. The van der Waals surface area contributed by atoms with Gasteiger partial charge in [-0.15, -0.1) is 0 Å². The molecule has 2 saturated heterocycles. The maximum atomic E-state index is 12.0. The zero-order chi connectivity index (χ0) is 24.5. The summed E-state index contributed by atoms with van der Waals surface area (Å²) in [6.07, 6.45) is 6.23. The van der Waals surface area contributed by atoms with E-state index in [9.17, 15) is 9.59 Å². The molecule has 2 unspecified atom stereocenters. The van der Waals surface area contributed by atoms with Gasteiger partial charge in [0.05, 0.1) is 25.4 Å². The largest absolute Gasteiger partial charge is 0.453 e. The molecule has 8 nitrogen and oxygen atoms in total. The third kappa shape index (κ3) is 4.81. The van der Waals surface area contributed by atoms with Crippen LogP contribution >= 0.6 is 0 Å². The van der Waals surface area contributed by atoms with E-state index in [0.29, 0.717) is 31.2 Å². The average molecular weight is 480 g/mol. The summed E-state index contributed by atoms with van der Waals surface area (Å²) in [6.45, 7) is 5.92. The van der Waals surface area contributed by atoms with Crippen molar-refractivity contribution < 1.29 is 14.3 Å². The number of hydrogen-bond donors (Lipinski definition) is 1. The summed E-state index contributed by atoms with van der Waals surface area (Å²) in [7, 11) is 1.43. The number of hydrogen-bond acceptors (Lipinski definition) is 5. The maximum Gasteiger partial charge on any atom is 0.409 e. The molecule has 5 rings (SSSR count). The number of ether oxygens (including phenoxy) is 1. The molecule has 2 aromatic rings. The Hall–Kier alpha value is -2.87. The fourth-order valence-corrected chi connectivity index (χ4v) is 6.66. The molecule has 0 spiro atoms. The lowest BCUT2D eigenvalue weighted by Crippen LogP contribution is -2.45. The van der Waals surface area contributed by atoms with Crippen LogP contribution in [-0.2, 0) is 22.5 Å². The molecular weight excluding hydrogens is 442 g/mol. The minimum absolute atomic E-state index is 0.0201. The van der Waals surface area contributed by atoms with Crippen LogP contribution in [0.1, 0.15) is 73.9 Å². The number of nitrogens with zero attached hydrogens (tertiary/aromatic N) is 4. The number of rotatable bonds is 6. The molecule has 1 aromatic carbocycles. The number of nitrogens with one attached hydrogen (secondary N) is 1. The molecule has 188 valence electrons. The Balaban J connectivity index is 1.26. The van der Waals surface area contributed by atoms with Crippen LogP contribution in [0.4, 0.5) is 4.79 Å². The number of imidazole rings is 1. The second kappa shape index (κ2) is 10.0. The highest BCUT2D eigenvalue weighted by Gasteiger charge is 2.42.